The van der Waals surface area contributed by atoms with Crippen molar-refractivity contribution in [2.75, 3.05) is 26.2 Å². The van der Waals surface area contributed by atoms with Crippen LogP contribution in [0.3, 0.4) is 0 Å². The van der Waals surface area contributed by atoms with Gasteiger partial charge in [0.25, 0.3) is 0 Å². The second-order valence-corrected chi connectivity index (χ2v) is 5.72. The molecular weight excluding hydrogens is 222 g/mol. The van der Waals surface area contributed by atoms with Crippen molar-refractivity contribution in [2.45, 2.75) is 27.2 Å². The van der Waals surface area contributed by atoms with Crippen molar-refractivity contribution >= 4 is 0 Å². The van der Waals surface area contributed by atoms with Gasteiger partial charge in [0.1, 0.15) is 5.75 Å². The Hall–Kier alpha value is -1.02. The lowest BCUT2D eigenvalue weighted by Gasteiger charge is -2.18. The Morgan fingerprint density at radius 3 is 2.67 bits per heavy atom. The normalized spacial score (nSPS) is 20.6. The average Bonchev–Trinajstić information content (AvgIpc) is 2.75. The van der Waals surface area contributed by atoms with Crippen molar-refractivity contribution in [3.05, 3.63) is 35.7 Å². The van der Waals surface area contributed by atoms with Crippen LogP contribution in [0.5, 0.6) is 5.75 Å². The first-order chi connectivity index (χ1) is 8.63. The molecule has 0 unspecified atom stereocenters. The molecule has 1 saturated heterocycles. The molecular formula is C16H24NO. The maximum atomic E-state index is 5.86. The molecule has 0 N–H and O–H groups in total. The molecule has 0 bridgehead atoms. The summed E-state index contributed by atoms with van der Waals surface area (Å²) in [6.45, 7) is 10.9. The summed E-state index contributed by atoms with van der Waals surface area (Å²) in [7, 11) is 0. The topological polar surface area (TPSA) is 12.5 Å². The Morgan fingerprint density at radius 1 is 1.28 bits per heavy atom. The smallest absolute Gasteiger partial charge is 0.119 e. The number of hydrogen-bond donors (Lipinski definition) is 0. The highest BCUT2D eigenvalue weighted by Gasteiger charge is 2.23. The zero-order valence-corrected chi connectivity index (χ0v) is 11.8. The third-order valence-corrected chi connectivity index (χ3v) is 3.42. The summed E-state index contributed by atoms with van der Waals surface area (Å²) in [6.07, 6.45) is 1.26. The van der Waals surface area contributed by atoms with Gasteiger partial charge < -0.3 is 9.64 Å². The summed E-state index contributed by atoms with van der Waals surface area (Å²) in [6, 6.07) is 8.33. The van der Waals surface area contributed by atoms with Gasteiger partial charge in [-0.2, -0.15) is 0 Å². The second-order valence-electron chi connectivity index (χ2n) is 5.72. The molecule has 0 amide bonds. The molecule has 18 heavy (non-hydrogen) atoms. The number of benzene rings is 1. The van der Waals surface area contributed by atoms with E-state index in [2.05, 4.69) is 49.9 Å². The van der Waals surface area contributed by atoms with Crippen molar-refractivity contribution < 1.29 is 4.74 Å². The first kappa shape index (κ1) is 13.4. The van der Waals surface area contributed by atoms with Gasteiger partial charge in [-0.05, 0) is 37.9 Å². The molecule has 1 aromatic rings. The molecule has 2 rings (SSSR count). The lowest BCUT2D eigenvalue weighted by molar-refractivity contribution is 0.242. The number of aryl methyl sites for hydroxylation is 1. The van der Waals surface area contributed by atoms with Gasteiger partial charge in [0, 0.05) is 19.0 Å². The maximum Gasteiger partial charge on any atom is 0.119 e. The van der Waals surface area contributed by atoms with Crippen LogP contribution in [0.25, 0.3) is 0 Å². The lowest BCUT2D eigenvalue weighted by Crippen LogP contribution is -2.25. The average molecular weight is 246 g/mol. The van der Waals surface area contributed by atoms with Gasteiger partial charge in [0.2, 0.25) is 0 Å². The Bertz CT molecular complexity index is 358. The predicted octanol–water partition coefficient (Wildman–Crippen LogP) is 3.31. The third kappa shape index (κ3) is 4.02. The van der Waals surface area contributed by atoms with E-state index in [1.54, 1.807) is 0 Å². The number of hydrogen-bond acceptors (Lipinski definition) is 2. The highest BCUT2D eigenvalue weighted by Crippen LogP contribution is 2.20. The predicted molar refractivity (Wildman–Crippen MR) is 75.8 cm³/mol. The van der Waals surface area contributed by atoms with E-state index >= 15 is 0 Å². The van der Waals surface area contributed by atoms with Crippen molar-refractivity contribution in [1.82, 2.24) is 4.90 Å². The van der Waals surface area contributed by atoms with Gasteiger partial charge in [-0.3, -0.25) is 0 Å². The van der Waals surface area contributed by atoms with E-state index in [9.17, 15) is 0 Å². The van der Waals surface area contributed by atoms with E-state index in [0.717, 1.165) is 18.9 Å². The minimum Gasteiger partial charge on any atom is -0.493 e. The van der Waals surface area contributed by atoms with Gasteiger partial charge in [0.05, 0.1) is 6.61 Å². The van der Waals surface area contributed by atoms with Crippen LogP contribution in [0.15, 0.2) is 24.3 Å². The van der Waals surface area contributed by atoms with Crippen LogP contribution < -0.4 is 4.74 Å². The van der Waals surface area contributed by atoms with E-state index in [-0.39, 0.29) is 0 Å². The Morgan fingerprint density at radius 2 is 2.00 bits per heavy atom. The summed E-state index contributed by atoms with van der Waals surface area (Å²) < 4.78 is 5.86. The fraction of sp³-hybridized carbons (Fsp3) is 0.562. The minimum atomic E-state index is 0.686. The van der Waals surface area contributed by atoms with Crippen molar-refractivity contribution in [3.8, 4) is 5.75 Å². The van der Waals surface area contributed by atoms with Crippen LogP contribution in [0.4, 0.5) is 0 Å². The molecule has 1 heterocycles. The van der Waals surface area contributed by atoms with Crippen LogP contribution in [-0.2, 0) is 0 Å². The van der Waals surface area contributed by atoms with Crippen molar-refractivity contribution in [2.24, 2.45) is 5.92 Å². The van der Waals surface area contributed by atoms with Gasteiger partial charge in [0.15, 0.2) is 0 Å². The largest absolute Gasteiger partial charge is 0.493 e. The highest BCUT2D eigenvalue weighted by atomic mass is 16.5. The van der Waals surface area contributed by atoms with Crippen LogP contribution >= 0.6 is 0 Å². The van der Waals surface area contributed by atoms with Crippen LogP contribution in [0.2, 0.25) is 0 Å². The summed E-state index contributed by atoms with van der Waals surface area (Å²) in [5, 5.41) is 0. The fourth-order valence-corrected chi connectivity index (χ4v) is 2.49. The summed E-state index contributed by atoms with van der Waals surface area (Å²) in [4.78, 5) is 2.53. The first-order valence-corrected chi connectivity index (χ1v) is 6.84. The van der Waals surface area contributed by atoms with Gasteiger partial charge in [-0.1, -0.05) is 31.5 Å². The first-order valence-electron chi connectivity index (χ1n) is 6.84. The highest BCUT2D eigenvalue weighted by molar-refractivity contribution is 5.26. The number of ether oxygens (including phenoxy) is 1. The molecule has 0 aromatic heterocycles. The molecule has 2 nitrogen and oxygen atoms in total. The third-order valence-electron chi connectivity index (χ3n) is 3.42. The number of rotatable bonds is 5. The minimum absolute atomic E-state index is 0.686. The quantitative estimate of drug-likeness (QED) is 0.790. The molecule has 1 fully saturated rings. The molecule has 1 aliphatic rings. The summed E-state index contributed by atoms with van der Waals surface area (Å²) in [5.74, 6) is 3.18. The molecule has 1 aromatic carbocycles. The molecule has 2 heteroatoms. The zero-order valence-electron chi connectivity index (χ0n) is 11.8. The maximum absolute atomic E-state index is 5.86. The van der Waals surface area contributed by atoms with Gasteiger partial charge >= 0.3 is 0 Å². The molecule has 0 aliphatic carbocycles. The fourth-order valence-electron chi connectivity index (χ4n) is 2.49. The standard InChI is InChI=1S/C16H24NO/c1-13(2)10-17-9-8-15(11-17)12-18-16-6-4-14(3)5-7-16/h4-7,15H,8-12H2,1-3H3/t15-/m0/s1. The molecule has 99 valence electrons. The summed E-state index contributed by atoms with van der Waals surface area (Å²) >= 11 is 0. The van der Waals surface area contributed by atoms with Crippen LogP contribution in [0.1, 0.15) is 25.8 Å². The molecule has 1 radical (unpaired) electrons. The Labute approximate surface area is 111 Å². The Kier molecular flexibility index (Phi) is 4.65. The lowest BCUT2D eigenvalue weighted by atomic mass is 10.1. The van der Waals surface area contributed by atoms with Crippen molar-refractivity contribution in [1.29, 1.82) is 0 Å². The zero-order chi connectivity index (χ0) is 13.0. The van der Waals surface area contributed by atoms with E-state index in [4.69, 9.17) is 4.74 Å². The second kappa shape index (κ2) is 6.24. The summed E-state index contributed by atoms with van der Waals surface area (Å²) in [5.41, 5.74) is 1.28. The SMILES string of the molecule is C[C](C)CN1CC[C@H](COc2ccc(C)cc2)C1. The molecule has 0 spiro atoms. The monoisotopic (exact) mass is 246 g/mol. The number of likely N-dealkylation sites (tertiary alicyclic amines) is 1. The van der Waals surface area contributed by atoms with E-state index in [1.807, 2.05) is 0 Å². The van der Waals surface area contributed by atoms with Gasteiger partial charge in [-0.15, -0.1) is 0 Å². The van der Waals surface area contributed by atoms with Crippen molar-refractivity contribution in [3.63, 3.8) is 0 Å². The number of nitrogens with zero attached hydrogens (tertiary/aromatic N) is 1. The van der Waals surface area contributed by atoms with E-state index in [0.29, 0.717) is 5.92 Å². The van der Waals surface area contributed by atoms with Crippen LogP contribution in [-0.4, -0.2) is 31.1 Å². The van der Waals surface area contributed by atoms with E-state index in [1.165, 1.54) is 31.0 Å². The Balaban J connectivity index is 1.73. The van der Waals surface area contributed by atoms with Crippen LogP contribution in [0, 0.1) is 18.8 Å². The van der Waals surface area contributed by atoms with E-state index < -0.39 is 0 Å². The molecule has 1 atom stereocenters. The molecule has 1 aliphatic heterocycles. The molecule has 0 saturated carbocycles. The van der Waals surface area contributed by atoms with Gasteiger partial charge in [-0.25, -0.2) is 0 Å².